The number of hydrogen-bond acceptors (Lipinski definition) is 3. The number of aromatic nitrogens is 2. The molecule has 0 saturated heterocycles. The molecule has 2 aromatic carbocycles. The van der Waals surface area contributed by atoms with Gasteiger partial charge in [-0.3, -0.25) is 0 Å². The third-order valence-electron chi connectivity index (χ3n) is 4.59. The Labute approximate surface area is 171 Å². The van der Waals surface area contributed by atoms with Gasteiger partial charge in [0, 0.05) is 25.5 Å². The number of amides is 2. The van der Waals surface area contributed by atoms with Crippen LogP contribution in [0.25, 0.3) is 0 Å². The number of ether oxygens (including phenoxy) is 1. The molecule has 0 aliphatic carbocycles. The van der Waals surface area contributed by atoms with E-state index in [0.717, 1.165) is 29.2 Å². The maximum Gasteiger partial charge on any atom is 0.315 e. The number of benzene rings is 2. The summed E-state index contributed by atoms with van der Waals surface area (Å²) in [6, 6.07) is 15.8. The summed E-state index contributed by atoms with van der Waals surface area (Å²) in [7, 11) is 0. The minimum absolute atomic E-state index is 0.105. The van der Waals surface area contributed by atoms with Gasteiger partial charge < -0.3 is 19.9 Å². The van der Waals surface area contributed by atoms with Crippen LogP contribution in [0.4, 0.5) is 4.79 Å². The summed E-state index contributed by atoms with van der Waals surface area (Å²) in [6.07, 6.45) is 3.77. The average Bonchev–Trinajstić information content (AvgIpc) is 3.10. The fourth-order valence-corrected chi connectivity index (χ4v) is 3.03. The molecule has 0 aliphatic heterocycles. The van der Waals surface area contributed by atoms with E-state index in [0.29, 0.717) is 13.2 Å². The normalized spacial score (nSPS) is 11.7. The lowest BCUT2D eigenvalue weighted by atomic mass is 10.1. The van der Waals surface area contributed by atoms with E-state index < -0.39 is 0 Å². The second-order valence-corrected chi connectivity index (χ2v) is 7.28. The van der Waals surface area contributed by atoms with E-state index in [1.807, 2.05) is 63.4 Å². The molecular formula is C23H28N4O2. The van der Waals surface area contributed by atoms with E-state index >= 15 is 0 Å². The molecule has 2 N–H and O–H groups in total. The third-order valence-corrected chi connectivity index (χ3v) is 4.59. The van der Waals surface area contributed by atoms with Crippen molar-refractivity contribution in [3.63, 3.8) is 0 Å². The smallest absolute Gasteiger partial charge is 0.315 e. The van der Waals surface area contributed by atoms with Crippen molar-refractivity contribution in [2.45, 2.75) is 39.9 Å². The Morgan fingerprint density at radius 3 is 2.69 bits per heavy atom. The van der Waals surface area contributed by atoms with E-state index in [2.05, 4.69) is 32.3 Å². The molecule has 0 saturated carbocycles. The number of urea groups is 1. The highest BCUT2D eigenvalue weighted by molar-refractivity contribution is 5.74. The molecule has 0 spiro atoms. The second kappa shape index (κ2) is 9.78. The van der Waals surface area contributed by atoms with Crippen molar-refractivity contribution < 1.29 is 9.53 Å². The second-order valence-electron chi connectivity index (χ2n) is 7.28. The molecule has 0 fully saturated rings. The molecule has 2 amide bonds. The number of hydrogen-bond donors (Lipinski definition) is 2. The average molecular weight is 393 g/mol. The van der Waals surface area contributed by atoms with Crippen LogP contribution in [0.5, 0.6) is 5.75 Å². The Morgan fingerprint density at radius 1 is 1.14 bits per heavy atom. The number of nitrogens with zero attached hydrogens (tertiary/aromatic N) is 2. The highest BCUT2D eigenvalue weighted by Crippen LogP contribution is 2.12. The lowest BCUT2D eigenvalue weighted by molar-refractivity contribution is 0.226. The number of carbonyl (C=O) groups is 1. The first-order valence-electron chi connectivity index (χ1n) is 9.79. The van der Waals surface area contributed by atoms with E-state index in [4.69, 9.17) is 4.74 Å². The van der Waals surface area contributed by atoms with Gasteiger partial charge >= 0.3 is 6.03 Å². The fourth-order valence-electron chi connectivity index (χ4n) is 3.03. The summed E-state index contributed by atoms with van der Waals surface area (Å²) < 4.78 is 7.83. The fraction of sp³-hybridized carbons (Fsp3) is 0.304. The van der Waals surface area contributed by atoms with Crippen LogP contribution in [0, 0.1) is 13.8 Å². The number of rotatable bonds is 8. The van der Waals surface area contributed by atoms with E-state index in [1.165, 1.54) is 5.56 Å². The Morgan fingerprint density at radius 2 is 1.93 bits per heavy atom. The monoisotopic (exact) mass is 392 g/mol. The first-order valence-corrected chi connectivity index (χ1v) is 9.79. The lowest BCUT2D eigenvalue weighted by Gasteiger charge is -2.16. The van der Waals surface area contributed by atoms with Crippen LogP contribution in [0.3, 0.4) is 0 Å². The van der Waals surface area contributed by atoms with E-state index in [-0.39, 0.29) is 12.1 Å². The van der Waals surface area contributed by atoms with Gasteiger partial charge in [-0.15, -0.1) is 0 Å². The van der Waals surface area contributed by atoms with Crippen molar-refractivity contribution >= 4 is 6.03 Å². The molecule has 1 unspecified atom stereocenters. The van der Waals surface area contributed by atoms with Crippen LogP contribution in [0.15, 0.2) is 60.9 Å². The molecule has 1 aromatic heterocycles. The zero-order valence-electron chi connectivity index (χ0n) is 17.2. The largest absolute Gasteiger partial charge is 0.491 e. The van der Waals surface area contributed by atoms with E-state index in [1.54, 1.807) is 6.20 Å². The van der Waals surface area contributed by atoms with Gasteiger partial charge in [0.15, 0.2) is 0 Å². The van der Waals surface area contributed by atoms with Gasteiger partial charge in [-0.05, 0) is 49.6 Å². The van der Waals surface area contributed by atoms with Crippen molar-refractivity contribution in [3.05, 3.63) is 83.4 Å². The molecule has 0 radical (unpaired) electrons. The number of imidazole rings is 1. The molecule has 3 rings (SSSR count). The lowest BCUT2D eigenvalue weighted by Crippen LogP contribution is -2.43. The first-order chi connectivity index (χ1) is 14.0. The predicted octanol–water partition coefficient (Wildman–Crippen LogP) is 3.81. The predicted molar refractivity (Wildman–Crippen MR) is 114 cm³/mol. The summed E-state index contributed by atoms with van der Waals surface area (Å²) in [4.78, 5) is 16.4. The Hall–Kier alpha value is -3.28. The van der Waals surface area contributed by atoms with E-state index in [9.17, 15) is 4.79 Å². The summed E-state index contributed by atoms with van der Waals surface area (Å²) in [5.74, 6) is 1.79. The van der Waals surface area contributed by atoms with Gasteiger partial charge in [-0.2, -0.15) is 0 Å². The maximum atomic E-state index is 12.2. The van der Waals surface area contributed by atoms with Crippen LogP contribution >= 0.6 is 0 Å². The SMILES string of the molecule is Cc1cccc(OCC(C)NC(=O)NCc2cccc(Cn3ccnc3C)c2)c1. The van der Waals surface area contributed by atoms with Crippen LogP contribution in [-0.4, -0.2) is 28.2 Å². The zero-order chi connectivity index (χ0) is 20.6. The minimum Gasteiger partial charge on any atom is -0.491 e. The van der Waals surface area contributed by atoms with Crippen molar-refractivity contribution in [1.29, 1.82) is 0 Å². The zero-order valence-corrected chi connectivity index (χ0v) is 17.2. The molecule has 29 heavy (non-hydrogen) atoms. The van der Waals surface area contributed by atoms with Gasteiger partial charge in [0.25, 0.3) is 0 Å². The van der Waals surface area contributed by atoms with Crippen molar-refractivity contribution in [2.75, 3.05) is 6.61 Å². The molecule has 0 bridgehead atoms. The van der Waals surface area contributed by atoms with Crippen LogP contribution < -0.4 is 15.4 Å². The van der Waals surface area contributed by atoms with Crippen LogP contribution in [0.2, 0.25) is 0 Å². The first kappa shape index (κ1) is 20.5. The summed E-state index contributed by atoms with van der Waals surface area (Å²) in [5.41, 5.74) is 3.37. The molecule has 0 aliphatic rings. The van der Waals surface area contributed by atoms with Gasteiger partial charge in [0.05, 0.1) is 6.04 Å². The molecule has 152 valence electrons. The summed E-state index contributed by atoms with van der Waals surface area (Å²) >= 11 is 0. The van der Waals surface area contributed by atoms with Crippen molar-refractivity contribution in [1.82, 2.24) is 20.2 Å². The molecule has 6 heteroatoms. The van der Waals surface area contributed by atoms with Gasteiger partial charge in [0.2, 0.25) is 0 Å². The maximum absolute atomic E-state index is 12.2. The van der Waals surface area contributed by atoms with Crippen molar-refractivity contribution in [3.8, 4) is 5.75 Å². The molecule has 6 nitrogen and oxygen atoms in total. The van der Waals surface area contributed by atoms with Crippen molar-refractivity contribution in [2.24, 2.45) is 0 Å². The Balaban J connectivity index is 1.44. The molecule has 3 aromatic rings. The molecule has 1 heterocycles. The van der Waals surface area contributed by atoms with Gasteiger partial charge in [0.1, 0.15) is 18.2 Å². The highest BCUT2D eigenvalue weighted by atomic mass is 16.5. The standard InChI is InChI=1S/C23H28N4O2/c1-17-6-4-9-22(12-17)29-16-18(2)26-23(28)25-14-20-7-5-8-21(13-20)15-27-11-10-24-19(27)3/h4-13,18H,14-16H2,1-3H3,(H2,25,26,28). The molecular weight excluding hydrogens is 364 g/mol. The van der Waals surface area contributed by atoms with Crippen LogP contribution in [-0.2, 0) is 13.1 Å². The number of aryl methyl sites for hydroxylation is 2. The minimum atomic E-state index is -0.207. The number of carbonyl (C=O) groups excluding carboxylic acids is 1. The summed E-state index contributed by atoms with van der Waals surface area (Å²) in [5, 5.41) is 5.82. The summed E-state index contributed by atoms with van der Waals surface area (Å²) in [6.45, 7) is 7.57. The molecule has 1 atom stereocenters. The topological polar surface area (TPSA) is 68.2 Å². The number of nitrogens with one attached hydrogen (secondary N) is 2. The Kier molecular flexibility index (Phi) is 6.89. The van der Waals surface area contributed by atoms with Gasteiger partial charge in [-0.1, -0.05) is 36.4 Å². The highest BCUT2D eigenvalue weighted by Gasteiger charge is 2.08. The van der Waals surface area contributed by atoms with Crippen LogP contribution in [0.1, 0.15) is 29.4 Å². The quantitative estimate of drug-likeness (QED) is 0.612. The van der Waals surface area contributed by atoms with Gasteiger partial charge in [-0.25, -0.2) is 9.78 Å². The third kappa shape index (κ3) is 6.38. The Bertz CT molecular complexity index is 951.